The van der Waals surface area contributed by atoms with Gasteiger partial charge < -0.3 is 10.1 Å². The van der Waals surface area contributed by atoms with E-state index in [4.69, 9.17) is 4.74 Å². The zero-order valence-corrected chi connectivity index (χ0v) is 13.0. The third-order valence-corrected chi connectivity index (χ3v) is 5.13. The minimum Gasteiger partial charge on any atom is -0.495 e. The van der Waals surface area contributed by atoms with Crippen molar-refractivity contribution in [3.8, 4) is 5.75 Å². The van der Waals surface area contributed by atoms with Gasteiger partial charge in [-0.3, -0.25) is 0 Å². The van der Waals surface area contributed by atoms with Gasteiger partial charge in [-0.25, -0.2) is 13.1 Å². The quantitative estimate of drug-likeness (QED) is 0.800. The maximum absolute atomic E-state index is 12.3. The van der Waals surface area contributed by atoms with Crippen molar-refractivity contribution >= 4 is 10.0 Å². The van der Waals surface area contributed by atoms with Crippen molar-refractivity contribution in [2.75, 3.05) is 20.7 Å². The molecule has 0 heterocycles. The van der Waals surface area contributed by atoms with Crippen LogP contribution < -0.4 is 14.8 Å². The van der Waals surface area contributed by atoms with Gasteiger partial charge in [0.1, 0.15) is 10.6 Å². The molecule has 6 heteroatoms. The highest BCUT2D eigenvalue weighted by Gasteiger charge is 2.38. The lowest BCUT2D eigenvalue weighted by Crippen LogP contribution is -2.29. The Balaban J connectivity index is 2.21. The SMILES string of the molecule is CNCc1ccc(S(=O)(=O)NCC2(C)CC2)c(OC)c1. The fraction of sp³-hybridized carbons (Fsp3) is 0.571. The first-order chi connectivity index (χ1) is 9.40. The molecule has 1 fully saturated rings. The van der Waals surface area contributed by atoms with Crippen LogP contribution in [0, 0.1) is 5.41 Å². The second-order valence-corrected chi connectivity index (χ2v) is 7.39. The number of nitrogens with one attached hydrogen (secondary N) is 2. The van der Waals surface area contributed by atoms with E-state index in [1.54, 1.807) is 18.2 Å². The third kappa shape index (κ3) is 3.50. The van der Waals surface area contributed by atoms with E-state index in [0.717, 1.165) is 18.4 Å². The van der Waals surface area contributed by atoms with Crippen molar-refractivity contribution < 1.29 is 13.2 Å². The zero-order chi connectivity index (χ0) is 14.8. The van der Waals surface area contributed by atoms with Crippen molar-refractivity contribution in [1.29, 1.82) is 0 Å². The van der Waals surface area contributed by atoms with Crippen molar-refractivity contribution in [2.24, 2.45) is 5.41 Å². The van der Waals surface area contributed by atoms with Crippen molar-refractivity contribution in [2.45, 2.75) is 31.2 Å². The summed E-state index contributed by atoms with van der Waals surface area (Å²) in [5.74, 6) is 0.381. The Morgan fingerprint density at radius 1 is 1.35 bits per heavy atom. The number of rotatable bonds is 7. The maximum Gasteiger partial charge on any atom is 0.244 e. The van der Waals surface area contributed by atoms with E-state index >= 15 is 0 Å². The number of methoxy groups -OCH3 is 1. The molecule has 0 radical (unpaired) electrons. The van der Waals surface area contributed by atoms with Crippen LogP contribution in [-0.4, -0.2) is 29.1 Å². The van der Waals surface area contributed by atoms with Crippen molar-refractivity contribution in [3.05, 3.63) is 23.8 Å². The molecule has 0 bridgehead atoms. The van der Waals surface area contributed by atoms with Crippen LogP contribution >= 0.6 is 0 Å². The van der Waals surface area contributed by atoms with Crippen molar-refractivity contribution in [3.63, 3.8) is 0 Å². The monoisotopic (exact) mass is 298 g/mol. The highest BCUT2D eigenvalue weighted by atomic mass is 32.2. The van der Waals surface area contributed by atoms with E-state index in [9.17, 15) is 8.42 Å². The summed E-state index contributed by atoms with van der Waals surface area (Å²) in [6, 6.07) is 5.15. The molecule has 112 valence electrons. The number of hydrogen-bond acceptors (Lipinski definition) is 4. The molecule has 2 rings (SSSR count). The molecule has 0 saturated heterocycles. The third-order valence-electron chi connectivity index (χ3n) is 3.69. The predicted octanol–water partition coefficient (Wildman–Crippen LogP) is 1.49. The lowest BCUT2D eigenvalue weighted by Gasteiger charge is -2.14. The molecular formula is C14H22N2O3S. The standard InChI is InChI=1S/C14H22N2O3S/c1-14(6-7-14)10-16-20(17,18)13-5-4-11(9-15-2)8-12(13)19-3/h4-5,8,15-16H,6-7,9-10H2,1-3H3. The first kappa shape index (κ1) is 15.3. The number of sulfonamides is 1. The van der Waals surface area contributed by atoms with Crippen LogP contribution in [0.2, 0.25) is 0 Å². The van der Waals surface area contributed by atoms with Crippen LogP contribution in [0.5, 0.6) is 5.75 Å². The fourth-order valence-corrected chi connectivity index (χ4v) is 3.33. The predicted molar refractivity (Wildman–Crippen MR) is 78.3 cm³/mol. The van der Waals surface area contributed by atoms with Gasteiger partial charge in [0.2, 0.25) is 10.0 Å². The van der Waals surface area contributed by atoms with Crippen LogP contribution in [0.1, 0.15) is 25.3 Å². The summed E-state index contributed by atoms with van der Waals surface area (Å²) in [5, 5.41) is 3.03. The minimum absolute atomic E-state index is 0.131. The van der Waals surface area contributed by atoms with E-state index < -0.39 is 10.0 Å². The van der Waals surface area contributed by atoms with Gasteiger partial charge in [0, 0.05) is 13.1 Å². The van der Waals surface area contributed by atoms with Crippen LogP contribution in [0.25, 0.3) is 0 Å². The molecule has 1 aromatic carbocycles. The minimum atomic E-state index is -3.52. The molecule has 20 heavy (non-hydrogen) atoms. The largest absolute Gasteiger partial charge is 0.495 e. The van der Waals surface area contributed by atoms with Crippen LogP contribution in [0.15, 0.2) is 23.1 Å². The van der Waals surface area contributed by atoms with Gasteiger partial charge in [-0.2, -0.15) is 0 Å². The Morgan fingerprint density at radius 2 is 2.05 bits per heavy atom. The summed E-state index contributed by atoms with van der Waals surface area (Å²) in [6.07, 6.45) is 2.15. The summed E-state index contributed by atoms with van der Waals surface area (Å²) in [6.45, 7) is 3.24. The van der Waals surface area contributed by atoms with Gasteiger partial charge in [0.05, 0.1) is 7.11 Å². The lowest BCUT2D eigenvalue weighted by molar-refractivity contribution is 0.401. The normalized spacial score (nSPS) is 16.9. The molecule has 5 nitrogen and oxygen atoms in total. The molecule has 0 aromatic heterocycles. The molecule has 2 N–H and O–H groups in total. The molecule has 0 spiro atoms. The molecule has 1 saturated carbocycles. The van der Waals surface area contributed by atoms with Crippen molar-refractivity contribution in [1.82, 2.24) is 10.0 Å². The Labute approximate surface area is 120 Å². The smallest absolute Gasteiger partial charge is 0.244 e. The highest BCUT2D eigenvalue weighted by molar-refractivity contribution is 7.89. The van der Waals surface area contributed by atoms with E-state index in [1.807, 2.05) is 7.05 Å². The van der Waals surface area contributed by atoms with E-state index in [2.05, 4.69) is 17.0 Å². The van der Waals surface area contributed by atoms with E-state index in [0.29, 0.717) is 18.8 Å². The lowest BCUT2D eigenvalue weighted by atomic mass is 10.2. The molecular weight excluding hydrogens is 276 g/mol. The van der Waals surface area contributed by atoms with Gasteiger partial charge in [-0.05, 0) is 43.0 Å². The average molecular weight is 298 g/mol. The first-order valence-corrected chi connectivity index (χ1v) is 8.20. The van der Waals surface area contributed by atoms with Crippen LogP contribution in [0.3, 0.4) is 0 Å². The average Bonchev–Trinajstić information content (AvgIpc) is 3.15. The maximum atomic E-state index is 12.3. The topological polar surface area (TPSA) is 67.4 Å². The summed E-state index contributed by atoms with van der Waals surface area (Å²) >= 11 is 0. The number of hydrogen-bond donors (Lipinski definition) is 2. The highest BCUT2D eigenvalue weighted by Crippen LogP contribution is 2.44. The molecule has 1 aliphatic carbocycles. The molecule has 1 aliphatic rings. The van der Waals surface area contributed by atoms with Crippen LogP contribution in [-0.2, 0) is 16.6 Å². The van der Waals surface area contributed by atoms with Gasteiger partial charge >= 0.3 is 0 Å². The molecule has 1 aromatic rings. The van der Waals surface area contributed by atoms with Gasteiger partial charge in [-0.1, -0.05) is 13.0 Å². The number of benzene rings is 1. The first-order valence-electron chi connectivity index (χ1n) is 6.71. The summed E-state index contributed by atoms with van der Waals surface area (Å²) < 4.78 is 32.6. The Hall–Kier alpha value is -1.11. The van der Waals surface area contributed by atoms with Crippen LogP contribution in [0.4, 0.5) is 0 Å². The second-order valence-electron chi connectivity index (χ2n) is 5.65. The summed E-state index contributed by atoms with van der Waals surface area (Å²) in [7, 11) is -0.195. The summed E-state index contributed by atoms with van der Waals surface area (Å²) in [4.78, 5) is 0.198. The zero-order valence-electron chi connectivity index (χ0n) is 12.2. The molecule has 0 atom stereocenters. The fourth-order valence-electron chi connectivity index (χ4n) is 1.99. The Kier molecular flexibility index (Phi) is 4.36. The molecule has 0 unspecified atom stereocenters. The Bertz CT molecular complexity index is 580. The number of ether oxygens (including phenoxy) is 1. The van der Waals surface area contributed by atoms with E-state index in [-0.39, 0.29) is 10.3 Å². The second kappa shape index (κ2) is 5.71. The van der Waals surface area contributed by atoms with Gasteiger partial charge in [0.25, 0.3) is 0 Å². The molecule has 0 amide bonds. The molecule has 0 aliphatic heterocycles. The Morgan fingerprint density at radius 3 is 2.60 bits per heavy atom. The van der Waals surface area contributed by atoms with E-state index in [1.165, 1.54) is 7.11 Å². The van der Waals surface area contributed by atoms with Gasteiger partial charge in [-0.15, -0.1) is 0 Å². The van der Waals surface area contributed by atoms with Gasteiger partial charge in [0.15, 0.2) is 0 Å². The summed E-state index contributed by atoms with van der Waals surface area (Å²) in [5.41, 5.74) is 1.12.